The van der Waals surface area contributed by atoms with E-state index in [1.54, 1.807) is 13.3 Å². The molecule has 28 heavy (non-hydrogen) atoms. The molecule has 0 atom stereocenters. The number of aromatic nitrogens is 2. The zero-order valence-corrected chi connectivity index (χ0v) is 16.3. The number of rotatable bonds is 8. The van der Waals surface area contributed by atoms with Crippen LogP contribution in [0.3, 0.4) is 0 Å². The predicted molar refractivity (Wildman–Crippen MR) is 110 cm³/mol. The fraction of sp³-hybridized carbons (Fsp3) is 0.381. The number of ether oxygens (including phenoxy) is 1. The molecule has 2 heterocycles. The third kappa shape index (κ3) is 5.87. The Hall–Kier alpha value is -2.77. The highest BCUT2D eigenvalue weighted by Gasteiger charge is 2.18. The smallest absolute Gasteiger partial charge is 0.271 e. The molecule has 0 unspecified atom stereocenters. The Balaban J connectivity index is 1.44. The van der Waals surface area contributed by atoms with Gasteiger partial charge in [-0.15, -0.1) is 0 Å². The third-order valence-corrected chi connectivity index (χ3v) is 4.63. The minimum atomic E-state index is -0.230. The number of carbonyl (C=O) groups is 1. The topological polar surface area (TPSA) is 70.6 Å². The van der Waals surface area contributed by atoms with Gasteiger partial charge in [0.15, 0.2) is 0 Å². The number of amides is 1. The second kappa shape index (κ2) is 10.5. The van der Waals surface area contributed by atoms with Gasteiger partial charge in [-0.05, 0) is 5.56 Å². The van der Waals surface area contributed by atoms with Crippen LogP contribution in [0.1, 0.15) is 16.1 Å². The number of carbonyl (C=O) groups excluding carboxylic acids is 1. The fourth-order valence-corrected chi connectivity index (χ4v) is 3.02. The van der Waals surface area contributed by atoms with Gasteiger partial charge in [-0.3, -0.25) is 9.69 Å². The largest absolute Gasteiger partial charge is 0.383 e. The van der Waals surface area contributed by atoms with Crippen LogP contribution in [-0.2, 0) is 4.74 Å². The van der Waals surface area contributed by atoms with Gasteiger partial charge in [0.25, 0.3) is 5.91 Å². The maximum atomic E-state index is 12.0. The van der Waals surface area contributed by atoms with E-state index in [4.69, 9.17) is 4.74 Å². The summed E-state index contributed by atoms with van der Waals surface area (Å²) in [6.07, 6.45) is 7.58. The average molecular weight is 381 g/mol. The first-order chi connectivity index (χ1) is 13.8. The van der Waals surface area contributed by atoms with E-state index in [0.717, 1.165) is 38.5 Å². The summed E-state index contributed by atoms with van der Waals surface area (Å²) < 4.78 is 4.92. The Morgan fingerprint density at radius 3 is 2.61 bits per heavy atom. The molecule has 1 aromatic carbocycles. The first kappa shape index (κ1) is 20.0. The highest BCUT2D eigenvalue weighted by Crippen LogP contribution is 2.12. The molecular formula is C21H27N5O2. The van der Waals surface area contributed by atoms with Gasteiger partial charge in [0.2, 0.25) is 0 Å². The molecule has 1 aromatic heterocycles. The second-order valence-electron chi connectivity index (χ2n) is 6.61. The van der Waals surface area contributed by atoms with E-state index in [1.807, 2.05) is 18.2 Å². The standard InChI is InChI=1S/C21H27N5O2/c1-28-15-9-22-21(27)19-16-24-20(17-23-19)26-13-11-25(12-14-26)10-5-8-18-6-3-2-4-7-18/h2-8,16-17H,9-15H2,1H3,(H,22,27)/b8-5+. The van der Waals surface area contributed by atoms with E-state index in [-0.39, 0.29) is 5.91 Å². The highest BCUT2D eigenvalue weighted by molar-refractivity contribution is 5.91. The van der Waals surface area contributed by atoms with E-state index >= 15 is 0 Å². The molecule has 1 saturated heterocycles. The van der Waals surface area contributed by atoms with Crippen molar-refractivity contribution < 1.29 is 9.53 Å². The summed E-state index contributed by atoms with van der Waals surface area (Å²) in [6, 6.07) is 10.3. The summed E-state index contributed by atoms with van der Waals surface area (Å²) >= 11 is 0. The Bertz CT molecular complexity index is 756. The molecule has 0 saturated carbocycles. The number of hydrogen-bond donors (Lipinski definition) is 1. The number of hydrogen-bond acceptors (Lipinski definition) is 6. The van der Waals surface area contributed by atoms with Crippen molar-refractivity contribution in [1.29, 1.82) is 0 Å². The molecule has 0 spiro atoms. The van der Waals surface area contributed by atoms with Gasteiger partial charge in [0.1, 0.15) is 11.5 Å². The molecule has 0 radical (unpaired) electrons. The molecule has 2 aromatic rings. The van der Waals surface area contributed by atoms with E-state index in [9.17, 15) is 4.79 Å². The first-order valence-corrected chi connectivity index (χ1v) is 9.54. The molecule has 148 valence electrons. The zero-order chi connectivity index (χ0) is 19.6. The molecule has 1 N–H and O–H groups in total. The van der Waals surface area contributed by atoms with Crippen molar-refractivity contribution >= 4 is 17.8 Å². The molecule has 1 fully saturated rings. The lowest BCUT2D eigenvalue weighted by Gasteiger charge is -2.34. The van der Waals surface area contributed by atoms with E-state index in [1.165, 1.54) is 11.8 Å². The SMILES string of the molecule is COCCNC(=O)c1cnc(N2CCN(C/C=C/c3ccccc3)CC2)cn1. The predicted octanol–water partition coefficient (Wildman–Crippen LogP) is 1.69. The summed E-state index contributed by atoms with van der Waals surface area (Å²) in [6.45, 7) is 5.61. The van der Waals surface area contributed by atoms with Crippen LogP contribution in [0.4, 0.5) is 5.82 Å². The molecule has 7 nitrogen and oxygen atoms in total. The van der Waals surface area contributed by atoms with Crippen LogP contribution < -0.4 is 10.2 Å². The fourth-order valence-electron chi connectivity index (χ4n) is 3.02. The number of piperazine rings is 1. The van der Waals surface area contributed by atoms with Gasteiger partial charge in [0, 0.05) is 46.4 Å². The van der Waals surface area contributed by atoms with Crippen LogP contribution in [0.5, 0.6) is 0 Å². The molecule has 1 amide bonds. The van der Waals surface area contributed by atoms with E-state index in [2.05, 4.69) is 49.4 Å². The normalized spacial score (nSPS) is 15.1. The second-order valence-corrected chi connectivity index (χ2v) is 6.61. The Morgan fingerprint density at radius 2 is 1.93 bits per heavy atom. The molecular weight excluding hydrogens is 354 g/mol. The van der Waals surface area contributed by atoms with Gasteiger partial charge in [-0.2, -0.15) is 0 Å². The summed E-state index contributed by atoms with van der Waals surface area (Å²) in [5.41, 5.74) is 1.55. The number of nitrogens with one attached hydrogen (secondary N) is 1. The summed E-state index contributed by atoms with van der Waals surface area (Å²) in [4.78, 5) is 25.3. The van der Waals surface area contributed by atoms with Crippen molar-refractivity contribution in [2.24, 2.45) is 0 Å². The summed E-state index contributed by atoms with van der Waals surface area (Å²) in [5, 5.41) is 2.74. The monoisotopic (exact) mass is 381 g/mol. The van der Waals surface area contributed by atoms with Crippen LogP contribution in [0, 0.1) is 0 Å². The van der Waals surface area contributed by atoms with Gasteiger partial charge < -0.3 is 15.0 Å². The lowest BCUT2D eigenvalue weighted by molar-refractivity contribution is 0.0931. The van der Waals surface area contributed by atoms with E-state index < -0.39 is 0 Å². The van der Waals surface area contributed by atoms with Crippen LogP contribution in [0.15, 0.2) is 48.8 Å². The number of anilines is 1. The van der Waals surface area contributed by atoms with Crippen molar-refractivity contribution in [2.45, 2.75) is 0 Å². The Morgan fingerprint density at radius 1 is 1.14 bits per heavy atom. The van der Waals surface area contributed by atoms with Crippen LogP contribution >= 0.6 is 0 Å². The third-order valence-electron chi connectivity index (χ3n) is 4.63. The highest BCUT2D eigenvalue weighted by atomic mass is 16.5. The molecule has 7 heteroatoms. The van der Waals surface area contributed by atoms with Gasteiger partial charge in [0.05, 0.1) is 19.0 Å². The lowest BCUT2D eigenvalue weighted by Crippen LogP contribution is -2.46. The number of nitrogens with zero attached hydrogens (tertiary/aromatic N) is 4. The first-order valence-electron chi connectivity index (χ1n) is 9.54. The van der Waals surface area contributed by atoms with Crippen molar-refractivity contribution in [3.8, 4) is 0 Å². The zero-order valence-electron chi connectivity index (χ0n) is 16.3. The van der Waals surface area contributed by atoms with Crippen molar-refractivity contribution in [1.82, 2.24) is 20.2 Å². The molecule has 1 aliphatic rings. The van der Waals surface area contributed by atoms with Gasteiger partial charge >= 0.3 is 0 Å². The minimum Gasteiger partial charge on any atom is -0.383 e. The quantitative estimate of drug-likeness (QED) is 0.702. The molecule has 0 aliphatic carbocycles. The maximum absolute atomic E-state index is 12.0. The van der Waals surface area contributed by atoms with Crippen molar-refractivity contribution in [3.05, 3.63) is 60.1 Å². The minimum absolute atomic E-state index is 0.230. The van der Waals surface area contributed by atoms with E-state index in [0.29, 0.717) is 18.8 Å². The Labute approximate surface area is 166 Å². The Kier molecular flexibility index (Phi) is 7.52. The van der Waals surface area contributed by atoms with Gasteiger partial charge in [-0.25, -0.2) is 9.97 Å². The number of methoxy groups -OCH3 is 1. The summed E-state index contributed by atoms with van der Waals surface area (Å²) in [7, 11) is 1.60. The van der Waals surface area contributed by atoms with Crippen LogP contribution in [0.25, 0.3) is 6.08 Å². The number of benzene rings is 1. The lowest BCUT2D eigenvalue weighted by atomic mass is 10.2. The van der Waals surface area contributed by atoms with Gasteiger partial charge in [-0.1, -0.05) is 42.5 Å². The molecule has 0 bridgehead atoms. The maximum Gasteiger partial charge on any atom is 0.271 e. The molecule has 1 aliphatic heterocycles. The van der Waals surface area contributed by atoms with Crippen LogP contribution in [0.2, 0.25) is 0 Å². The molecule has 3 rings (SSSR count). The van der Waals surface area contributed by atoms with Crippen LogP contribution in [-0.4, -0.2) is 73.8 Å². The average Bonchev–Trinajstić information content (AvgIpc) is 2.75. The van der Waals surface area contributed by atoms with Crippen molar-refractivity contribution in [2.75, 3.05) is 57.9 Å². The van der Waals surface area contributed by atoms with Crippen molar-refractivity contribution in [3.63, 3.8) is 0 Å². The summed E-state index contributed by atoms with van der Waals surface area (Å²) in [5.74, 6) is 0.582.